The summed E-state index contributed by atoms with van der Waals surface area (Å²) >= 11 is 0. The molecular weight excluding hydrogens is 264 g/mol. The smallest absolute Gasteiger partial charge is 0.220 e. The predicted octanol–water partition coefficient (Wildman–Crippen LogP) is 0.963. The zero-order valence-corrected chi connectivity index (χ0v) is 12.6. The second-order valence-electron chi connectivity index (χ2n) is 6.05. The van der Waals surface area contributed by atoms with Gasteiger partial charge >= 0.3 is 0 Å². The van der Waals surface area contributed by atoms with Crippen molar-refractivity contribution in [2.24, 2.45) is 11.8 Å². The molecule has 2 atom stereocenters. The fourth-order valence-corrected chi connectivity index (χ4v) is 3.68. The van der Waals surface area contributed by atoms with Crippen molar-refractivity contribution in [1.29, 1.82) is 0 Å². The Hall–Kier alpha value is -0.620. The molecule has 1 amide bonds. The molecule has 1 saturated carbocycles. The molecule has 6 heteroatoms. The van der Waals surface area contributed by atoms with E-state index in [0.29, 0.717) is 25.4 Å². The maximum atomic E-state index is 11.9. The number of nitrogens with one attached hydrogen (secondary N) is 1. The lowest BCUT2D eigenvalue weighted by molar-refractivity contribution is -0.123. The summed E-state index contributed by atoms with van der Waals surface area (Å²) in [6.07, 6.45) is 5.98. The van der Waals surface area contributed by atoms with E-state index in [1.807, 2.05) is 0 Å². The van der Waals surface area contributed by atoms with Gasteiger partial charge in [-0.05, 0) is 37.5 Å². The third kappa shape index (κ3) is 4.45. The minimum atomic E-state index is -3.14. The first kappa shape index (κ1) is 14.8. The van der Waals surface area contributed by atoms with Crippen LogP contribution in [0.2, 0.25) is 0 Å². The molecule has 1 N–H and O–H groups in total. The highest BCUT2D eigenvalue weighted by Crippen LogP contribution is 2.38. The van der Waals surface area contributed by atoms with Crippen molar-refractivity contribution in [3.05, 3.63) is 0 Å². The normalized spacial score (nSPS) is 26.9. The van der Waals surface area contributed by atoms with Gasteiger partial charge in [-0.3, -0.25) is 4.79 Å². The van der Waals surface area contributed by atoms with E-state index >= 15 is 0 Å². The van der Waals surface area contributed by atoms with E-state index in [4.69, 9.17) is 0 Å². The predicted molar refractivity (Wildman–Crippen MR) is 74.1 cm³/mol. The first-order chi connectivity index (χ1) is 8.86. The summed E-state index contributed by atoms with van der Waals surface area (Å²) in [6.45, 7) is 3.12. The van der Waals surface area contributed by atoms with Crippen LogP contribution in [-0.4, -0.2) is 44.0 Å². The third-order valence-corrected chi connectivity index (χ3v) is 5.42. The van der Waals surface area contributed by atoms with Crippen LogP contribution in [-0.2, 0) is 14.8 Å². The van der Waals surface area contributed by atoms with Gasteiger partial charge < -0.3 is 5.32 Å². The van der Waals surface area contributed by atoms with Gasteiger partial charge in [0.2, 0.25) is 15.9 Å². The molecule has 2 fully saturated rings. The maximum absolute atomic E-state index is 11.9. The number of amides is 1. The number of carbonyl (C=O) groups is 1. The molecule has 5 nitrogen and oxygen atoms in total. The lowest BCUT2D eigenvalue weighted by Gasteiger charge is -2.31. The molecule has 19 heavy (non-hydrogen) atoms. The quantitative estimate of drug-likeness (QED) is 0.819. The van der Waals surface area contributed by atoms with Crippen molar-refractivity contribution in [2.45, 2.75) is 45.1 Å². The number of rotatable bonds is 5. The third-order valence-electron chi connectivity index (χ3n) is 4.15. The molecule has 0 aromatic heterocycles. The Kier molecular flexibility index (Phi) is 4.50. The van der Waals surface area contributed by atoms with Crippen molar-refractivity contribution in [3.63, 3.8) is 0 Å². The van der Waals surface area contributed by atoms with Crippen LogP contribution >= 0.6 is 0 Å². The molecular formula is C13H24N2O3S. The molecule has 2 aliphatic rings. The van der Waals surface area contributed by atoms with Crippen molar-refractivity contribution in [1.82, 2.24) is 9.62 Å². The molecule has 0 radical (unpaired) electrons. The topological polar surface area (TPSA) is 66.5 Å². The maximum Gasteiger partial charge on any atom is 0.220 e. The van der Waals surface area contributed by atoms with Crippen LogP contribution in [0.25, 0.3) is 0 Å². The largest absolute Gasteiger partial charge is 0.352 e. The van der Waals surface area contributed by atoms with Crippen molar-refractivity contribution in [2.75, 3.05) is 19.3 Å². The first-order valence-corrected chi connectivity index (χ1v) is 8.95. The van der Waals surface area contributed by atoms with Gasteiger partial charge in [0.25, 0.3) is 0 Å². The second-order valence-corrected chi connectivity index (χ2v) is 8.03. The van der Waals surface area contributed by atoms with Crippen molar-refractivity contribution < 1.29 is 13.2 Å². The van der Waals surface area contributed by atoms with Crippen LogP contribution in [0.3, 0.4) is 0 Å². The highest BCUT2D eigenvalue weighted by atomic mass is 32.2. The van der Waals surface area contributed by atoms with Crippen LogP contribution in [0.4, 0.5) is 0 Å². The van der Waals surface area contributed by atoms with Gasteiger partial charge in [-0.15, -0.1) is 0 Å². The van der Waals surface area contributed by atoms with E-state index in [9.17, 15) is 13.2 Å². The summed E-state index contributed by atoms with van der Waals surface area (Å²) in [5, 5.41) is 2.99. The SMILES string of the molecule is C[C@H](CC(=O)N[C@H]1CCCN(S(C)(=O)=O)C1)C1CC1. The molecule has 0 aromatic rings. The van der Waals surface area contributed by atoms with Gasteiger partial charge in [-0.25, -0.2) is 12.7 Å². The summed E-state index contributed by atoms with van der Waals surface area (Å²) in [4.78, 5) is 11.9. The number of nitrogens with zero attached hydrogens (tertiary/aromatic N) is 1. The van der Waals surface area contributed by atoms with Crippen LogP contribution in [0.1, 0.15) is 39.0 Å². The molecule has 2 rings (SSSR count). The minimum Gasteiger partial charge on any atom is -0.352 e. The van der Waals surface area contributed by atoms with Crippen LogP contribution < -0.4 is 5.32 Å². The Bertz CT molecular complexity index is 431. The average molecular weight is 288 g/mol. The summed E-state index contributed by atoms with van der Waals surface area (Å²) < 4.78 is 24.5. The average Bonchev–Trinajstić information content (AvgIpc) is 3.11. The summed E-state index contributed by atoms with van der Waals surface area (Å²) in [5.41, 5.74) is 0. The first-order valence-electron chi connectivity index (χ1n) is 7.10. The van der Waals surface area contributed by atoms with E-state index < -0.39 is 10.0 Å². The van der Waals surface area contributed by atoms with Crippen LogP contribution in [0.15, 0.2) is 0 Å². The van der Waals surface area contributed by atoms with Crippen molar-refractivity contribution in [3.8, 4) is 0 Å². The number of carbonyl (C=O) groups excluding carboxylic acids is 1. The van der Waals surface area contributed by atoms with E-state index in [1.54, 1.807) is 0 Å². The molecule has 1 aliphatic heterocycles. The van der Waals surface area contributed by atoms with Gasteiger partial charge in [0.05, 0.1) is 6.26 Å². The Balaban J connectivity index is 1.79. The van der Waals surface area contributed by atoms with Crippen LogP contribution in [0.5, 0.6) is 0 Å². The van der Waals surface area contributed by atoms with Gasteiger partial charge in [0.1, 0.15) is 0 Å². The molecule has 1 heterocycles. The zero-order chi connectivity index (χ0) is 14.0. The van der Waals surface area contributed by atoms with Gasteiger partial charge in [-0.1, -0.05) is 6.92 Å². The fourth-order valence-electron chi connectivity index (χ4n) is 2.77. The lowest BCUT2D eigenvalue weighted by atomic mass is 10.0. The van der Waals surface area contributed by atoms with Crippen molar-refractivity contribution >= 4 is 15.9 Å². The minimum absolute atomic E-state index is 0.0256. The van der Waals surface area contributed by atoms with E-state index in [0.717, 1.165) is 18.8 Å². The van der Waals surface area contributed by atoms with Gasteiger partial charge in [0, 0.05) is 25.6 Å². The molecule has 1 aliphatic carbocycles. The van der Waals surface area contributed by atoms with E-state index in [2.05, 4.69) is 12.2 Å². The molecule has 0 unspecified atom stereocenters. The summed E-state index contributed by atoms with van der Waals surface area (Å²) in [6, 6.07) is -0.0256. The molecule has 0 aromatic carbocycles. The Morgan fingerprint density at radius 1 is 1.37 bits per heavy atom. The number of piperidine rings is 1. The Morgan fingerprint density at radius 2 is 2.05 bits per heavy atom. The Morgan fingerprint density at radius 3 is 2.63 bits per heavy atom. The fraction of sp³-hybridized carbons (Fsp3) is 0.923. The number of hydrogen-bond donors (Lipinski definition) is 1. The zero-order valence-electron chi connectivity index (χ0n) is 11.8. The summed E-state index contributed by atoms with van der Waals surface area (Å²) in [5.74, 6) is 1.25. The molecule has 110 valence electrons. The highest BCUT2D eigenvalue weighted by molar-refractivity contribution is 7.88. The van der Waals surface area contributed by atoms with Crippen LogP contribution in [0, 0.1) is 11.8 Å². The highest BCUT2D eigenvalue weighted by Gasteiger charge is 2.31. The molecule has 1 saturated heterocycles. The number of hydrogen-bond acceptors (Lipinski definition) is 3. The van der Waals surface area contributed by atoms with Gasteiger partial charge in [-0.2, -0.15) is 0 Å². The van der Waals surface area contributed by atoms with E-state index in [-0.39, 0.29) is 11.9 Å². The van der Waals surface area contributed by atoms with E-state index in [1.165, 1.54) is 23.4 Å². The van der Waals surface area contributed by atoms with Gasteiger partial charge in [0.15, 0.2) is 0 Å². The number of sulfonamides is 1. The second kappa shape index (κ2) is 5.79. The molecule has 0 spiro atoms. The Labute approximate surface area is 115 Å². The standard InChI is InChI=1S/C13H24N2O3S/c1-10(11-5-6-11)8-13(16)14-12-4-3-7-15(9-12)19(2,17)18/h10-12H,3-9H2,1-2H3,(H,14,16)/t10-,12+/m1/s1. The molecule has 0 bridgehead atoms. The lowest BCUT2D eigenvalue weighted by Crippen LogP contribution is -2.49. The monoisotopic (exact) mass is 288 g/mol. The summed E-state index contributed by atoms with van der Waals surface area (Å²) in [7, 11) is -3.14.